The van der Waals surface area contributed by atoms with Crippen LogP contribution in [-0.2, 0) is 19.1 Å². The first kappa shape index (κ1) is 20.9. The Kier molecular flexibility index (Phi) is 10.8. The maximum absolute atomic E-state index is 11.8. The van der Waals surface area contributed by atoms with Crippen LogP contribution in [0.4, 0.5) is 0 Å². The number of carboxylic acid groups (broad SMARTS) is 2. The summed E-state index contributed by atoms with van der Waals surface area (Å²) < 4.78 is 11.0. The van der Waals surface area contributed by atoms with Gasteiger partial charge >= 0.3 is 11.9 Å². The Morgan fingerprint density at radius 2 is 1.50 bits per heavy atom. The summed E-state index contributed by atoms with van der Waals surface area (Å²) in [6.07, 6.45) is 3.03. The molecule has 6 heteroatoms. The van der Waals surface area contributed by atoms with Crippen molar-refractivity contribution in [3.63, 3.8) is 0 Å². The predicted molar refractivity (Wildman–Crippen MR) is 83.0 cm³/mol. The highest BCUT2D eigenvalue weighted by molar-refractivity contribution is 5.87. The molecule has 0 aliphatic carbocycles. The Labute approximate surface area is 132 Å². The molecule has 6 nitrogen and oxygen atoms in total. The number of carboxylic acids is 2. The van der Waals surface area contributed by atoms with E-state index in [2.05, 4.69) is 0 Å². The number of unbranched alkanes of at least 4 members (excludes halogenated alkanes) is 3. The first-order valence-corrected chi connectivity index (χ1v) is 8.17. The normalized spacial score (nSPS) is 15.2. The van der Waals surface area contributed by atoms with Crippen molar-refractivity contribution < 1.29 is 29.3 Å². The average molecular weight is 318 g/mol. The Morgan fingerprint density at radius 3 is 1.95 bits per heavy atom. The van der Waals surface area contributed by atoms with Gasteiger partial charge in [0.1, 0.15) is 0 Å². The van der Waals surface area contributed by atoms with Crippen molar-refractivity contribution in [2.75, 3.05) is 13.2 Å². The second-order valence-electron chi connectivity index (χ2n) is 5.44. The van der Waals surface area contributed by atoms with Crippen molar-refractivity contribution in [1.82, 2.24) is 0 Å². The van der Waals surface area contributed by atoms with Crippen LogP contribution in [-0.4, -0.2) is 47.1 Å². The summed E-state index contributed by atoms with van der Waals surface area (Å²) in [5.74, 6) is -2.55. The lowest BCUT2D eigenvalue weighted by Crippen LogP contribution is -2.56. The molecule has 0 aliphatic rings. The maximum atomic E-state index is 11.8. The molecule has 0 aliphatic heterocycles. The van der Waals surface area contributed by atoms with Crippen LogP contribution in [0.15, 0.2) is 0 Å². The second kappa shape index (κ2) is 11.4. The topological polar surface area (TPSA) is 93.1 Å². The van der Waals surface area contributed by atoms with Gasteiger partial charge in [0.2, 0.25) is 5.60 Å². The van der Waals surface area contributed by atoms with Gasteiger partial charge in [-0.2, -0.15) is 0 Å². The minimum Gasteiger partial charge on any atom is -0.479 e. The van der Waals surface area contributed by atoms with E-state index in [0.717, 1.165) is 19.3 Å². The van der Waals surface area contributed by atoms with Crippen LogP contribution in [0, 0.1) is 0 Å². The smallest absolute Gasteiger partial charge is 0.339 e. The number of rotatable bonds is 14. The zero-order chi connectivity index (χ0) is 17.0. The monoisotopic (exact) mass is 318 g/mol. The molecule has 0 bridgehead atoms. The molecule has 0 aromatic rings. The Hall–Kier alpha value is -1.14. The van der Waals surface area contributed by atoms with E-state index in [1.54, 1.807) is 0 Å². The summed E-state index contributed by atoms with van der Waals surface area (Å²) >= 11 is 0. The highest BCUT2D eigenvalue weighted by Gasteiger charge is 2.51. The van der Waals surface area contributed by atoms with E-state index in [-0.39, 0.29) is 19.6 Å². The SMILES string of the molecule is CCCCOC(C(=O)O)C(CCCC)(OCCCC)C(=O)O. The number of hydrogen-bond donors (Lipinski definition) is 2. The molecule has 0 saturated heterocycles. The highest BCUT2D eigenvalue weighted by atomic mass is 16.6. The third-order valence-electron chi connectivity index (χ3n) is 3.55. The van der Waals surface area contributed by atoms with Gasteiger partial charge in [0.15, 0.2) is 6.10 Å². The van der Waals surface area contributed by atoms with E-state index in [9.17, 15) is 19.8 Å². The Balaban J connectivity index is 5.30. The van der Waals surface area contributed by atoms with Crippen molar-refractivity contribution in [1.29, 1.82) is 0 Å². The van der Waals surface area contributed by atoms with Gasteiger partial charge < -0.3 is 19.7 Å². The average Bonchev–Trinajstić information content (AvgIpc) is 2.47. The van der Waals surface area contributed by atoms with E-state index in [1.165, 1.54) is 0 Å². The molecule has 22 heavy (non-hydrogen) atoms. The Morgan fingerprint density at radius 1 is 0.955 bits per heavy atom. The zero-order valence-electron chi connectivity index (χ0n) is 14.0. The quantitative estimate of drug-likeness (QED) is 0.478. The second-order valence-corrected chi connectivity index (χ2v) is 5.44. The van der Waals surface area contributed by atoms with Crippen LogP contribution in [0.1, 0.15) is 65.7 Å². The zero-order valence-corrected chi connectivity index (χ0v) is 14.0. The fourth-order valence-electron chi connectivity index (χ4n) is 2.15. The summed E-state index contributed by atoms with van der Waals surface area (Å²) in [5.41, 5.74) is -1.81. The summed E-state index contributed by atoms with van der Waals surface area (Å²) in [4.78, 5) is 23.4. The molecule has 0 spiro atoms. The van der Waals surface area contributed by atoms with Crippen LogP contribution >= 0.6 is 0 Å². The first-order chi connectivity index (χ1) is 10.5. The van der Waals surface area contributed by atoms with Crippen molar-refractivity contribution in [2.24, 2.45) is 0 Å². The molecule has 0 radical (unpaired) electrons. The molecule has 0 saturated carbocycles. The Bertz CT molecular complexity index is 331. The first-order valence-electron chi connectivity index (χ1n) is 8.17. The number of aliphatic carboxylic acids is 2. The van der Waals surface area contributed by atoms with Crippen LogP contribution < -0.4 is 0 Å². The molecule has 0 rings (SSSR count). The fraction of sp³-hybridized carbons (Fsp3) is 0.875. The molecule has 0 heterocycles. The van der Waals surface area contributed by atoms with Gasteiger partial charge in [0.05, 0.1) is 0 Å². The summed E-state index contributed by atoms with van der Waals surface area (Å²) in [6, 6.07) is 0. The fourth-order valence-corrected chi connectivity index (χ4v) is 2.15. The van der Waals surface area contributed by atoms with E-state index >= 15 is 0 Å². The third kappa shape index (κ3) is 6.32. The lowest BCUT2D eigenvalue weighted by molar-refractivity contribution is -0.202. The summed E-state index contributed by atoms with van der Waals surface area (Å²) in [5, 5.41) is 19.1. The van der Waals surface area contributed by atoms with E-state index in [0.29, 0.717) is 19.3 Å². The third-order valence-corrected chi connectivity index (χ3v) is 3.55. The van der Waals surface area contributed by atoms with E-state index < -0.39 is 23.6 Å². The van der Waals surface area contributed by atoms with Crippen molar-refractivity contribution in [3.8, 4) is 0 Å². The van der Waals surface area contributed by atoms with Gasteiger partial charge in [0, 0.05) is 13.2 Å². The minimum absolute atomic E-state index is 0.131. The van der Waals surface area contributed by atoms with Crippen molar-refractivity contribution in [2.45, 2.75) is 77.4 Å². The molecule has 2 unspecified atom stereocenters. The number of carbonyl (C=O) groups is 2. The predicted octanol–water partition coefficient (Wildman–Crippen LogP) is 3.09. The standard InChI is InChI=1S/C16H30O6/c1-4-7-10-16(15(19)20,22-12-9-6-3)13(14(17)18)21-11-8-5-2/h13H,4-12H2,1-3H3,(H,17,18)(H,19,20). The molecule has 0 aromatic carbocycles. The summed E-state index contributed by atoms with van der Waals surface area (Å²) in [7, 11) is 0. The molecule has 130 valence electrons. The molecular formula is C16H30O6. The van der Waals surface area contributed by atoms with Crippen molar-refractivity contribution >= 4 is 11.9 Å². The van der Waals surface area contributed by atoms with Gasteiger partial charge in [-0.1, -0.05) is 46.5 Å². The van der Waals surface area contributed by atoms with Crippen LogP contribution in [0.3, 0.4) is 0 Å². The van der Waals surface area contributed by atoms with Crippen molar-refractivity contribution in [3.05, 3.63) is 0 Å². The molecule has 2 N–H and O–H groups in total. The maximum Gasteiger partial charge on any atom is 0.339 e. The van der Waals surface area contributed by atoms with Gasteiger partial charge in [-0.15, -0.1) is 0 Å². The van der Waals surface area contributed by atoms with Gasteiger partial charge in [-0.25, -0.2) is 9.59 Å². The van der Waals surface area contributed by atoms with Gasteiger partial charge in [0.25, 0.3) is 0 Å². The minimum atomic E-state index is -1.81. The molecular weight excluding hydrogens is 288 g/mol. The number of ether oxygens (including phenoxy) is 2. The van der Waals surface area contributed by atoms with E-state index in [4.69, 9.17) is 9.47 Å². The van der Waals surface area contributed by atoms with Gasteiger partial charge in [-0.3, -0.25) is 0 Å². The van der Waals surface area contributed by atoms with Crippen LogP contribution in [0.2, 0.25) is 0 Å². The molecule has 0 aromatic heterocycles. The largest absolute Gasteiger partial charge is 0.479 e. The molecule has 0 amide bonds. The van der Waals surface area contributed by atoms with Crippen LogP contribution in [0.25, 0.3) is 0 Å². The van der Waals surface area contributed by atoms with Gasteiger partial charge in [-0.05, 0) is 19.3 Å². The lowest BCUT2D eigenvalue weighted by atomic mass is 9.89. The number of hydrogen-bond acceptors (Lipinski definition) is 4. The highest BCUT2D eigenvalue weighted by Crippen LogP contribution is 2.28. The molecule has 2 atom stereocenters. The molecule has 0 fully saturated rings. The summed E-state index contributed by atoms with van der Waals surface area (Å²) in [6.45, 7) is 6.27. The lowest BCUT2D eigenvalue weighted by Gasteiger charge is -2.34. The van der Waals surface area contributed by atoms with Crippen LogP contribution in [0.5, 0.6) is 0 Å². The van der Waals surface area contributed by atoms with E-state index in [1.807, 2.05) is 20.8 Å².